The Bertz CT molecular complexity index is 694. The highest BCUT2D eigenvalue weighted by atomic mass is 32.1. The van der Waals surface area contributed by atoms with Crippen LogP contribution in [0.4, 0.5) is 0 Å². The monoisotopic (exact) mass is 387 g/mol. The van der Waals surface area contributed by atoms with Gasteiger partial charge in [0.25, 0.3) is 0 Å². The van der Waals surface area contributed by atoms with Gasteiger partial charge in [-0.3, -0.25) is 0 Å². The minimum Gasteiger partial charge on any atom is -0.357 e. The van der Waals surface area contributed by atoms with Crippen molar-refractivity contribution in [1.29, 1.82) is 0 Å². The lowest BCUT2D eigenvalue weighted by Crippen LogP contribution is -2.46. The predicted octanol–water partition coefficient (Wildman–Crippen LogP) is 3.49. The molecule has 1 aromatic heterocycles. The number of benzene rings is 1. The molecule has 2 rings (SSSR count). The number of guanidine groups is 1. The Kier molecular flexibility index (Phi) is 8.75. The van der Waals surface area contributed by atoms with Crippen LogP contribution in [0.1, 0.15) is 43.0 Å². The lowest BCUT2D eigenvalue weighted by atomic mass is 10.1. The van der Waals surface area contributed by atoms with Gasteiger partial charge in [0.1, 0.15) is 5.01 Å². The molecule has 0 radical (unpaired) electrons. The Morgan fingerprint density at radius 3 is 2.52 bits per heavy atom. The van der Waals surface area contributed by atoms with E-state index >= 15 is 0 Å². The number of nitrogens with zero attached hydrogens (tertiary/aromatic N) is 3. The molecule has 148 valence electrons. The highest BCUT2D eigenvalue weighted by molar-refractivity contribution is 7.09. The zero-order valence-corrected chi connectivity index (χ0v) is 18.0. The molecule has 1 heterocycles. The van der Waals surface area contributed by atoms with Crippen LogP contribution in [0.15, 0.2) is 40.7 Å². The Hall–Kier alpha value is -1.92. The van der Waals surface area contributed by atoms with E-state index in [1.807, 2.05) is 0 Å². The summed E-state index contributed by atoms with van der Waals surface area (Å²) in [6, 6.07) is 11.0. The van der Waals surface area contributed by atoms with Crippen molar-refractivity contribution in [3.63, 3.8) is 0 Å². The third-order valence-corrected chi connectivity index (χ3v) is 5.28. The summed E-state index contributed by atoms with van der Waals surface area (Å²) in [4.78, 5) is 11.7. The van der Waals surface area contributed by atoms with Crippen LogP contribution >= 0.6 is 11.3 Å². The van der Waals surface area contributed by atoms with E-state index in [0.717, 1.165) is 36.2 Å². The molecular formula is C21H33N5S. The Balaban J connectivity index is 1.96. The lowest BCUT2D eigenvalue weighted by molar-refractivity contribution is 0.290. The van der Waals surface area contributed by atoms with Gasteiger partial charge in [0, 0.05) is 24.5 Å². The van der Waals surface area contributed by atoms with Crippen LogP contribution in [0.25, 0.3) is 0 Å². The van der Waals surface area contributed by atoms with Gasteiger partial charge in [-0.05, 0) is 38.9 Å². The van der Waals surface area contributed by atoms with Gasteiger partial charge < -0.3 is 15.5 Å². The summed E-state index contributed by atoms with van der Waals surface area (Å²) in [7, 11) is 4.25. The van der Waals surface area contributed by atoms with E-state index in [1.165, 1.54) is 5.56 Å². The van der Waals surface area contributed by atoms with Crippen molar-refractivity contribution in [2.24, 2.45) is 4.99 Å². The van der Waals surface area contributed by atoms with Crippen molar-refractivity contribution < 1.29 is 0 Å². The quantitative estimate of drug-likeness (QED) is 0.511. The van der Waals surface area contributed by atoms with Crippen LogP contribution in [-0.2, 0) is 13.0 Å². The van der Waals surface area contributed by atoms with Gasteiger partial charge in [0.2, 0.25) is 0 Å². The van der Waals surface area contributed by atoms with Crippen molar-refractivity contribution >= 4 is 17.3 Å². The SMILES string of the molecule is CCNC(=NCc1nc(C(C)C)cs1)NCC(Cc1ccccc1)N(C)C. The van der Waals surface area contributed by atoms with Crippen molar-refractivity contribution in [2.75, 3.05) is 27.2 Å². The average Bonchev–Trinajstić information content (AvgIpc) is 3.13. The number of aromatic nitrogens is 1. The molecule has 27 heavy (non-hydrogen) atoms. The normalized spacial score (nSPS) is 13.2. The highest BCUT2D eigenvalue weighted by Gasteiger charge is 2.13. The number of nitrogens with one attached hydrogen (secondary N) is 2. The number of hydrogen-bond donors (Lipinski definition) is 2. The van der Waals surface area contributed by atoms with E-state index in [1.54, 1.807) is 11.3 Å². The summed E-state index contributed by atoms with van der Waals surface area (Å²) in [6.45, 7) is 8.71. The number of hydrogen-bond acceptors (Lipinski definition) is 4. The Morgan fingerprint density at radius 2 is 1.93 bits per heavy atom. The molecule has 2 aromatic rings. The number of aliphatic imine (C=N–C) groups is 1. The summed E-state index contributed by atoms with van der Waals surface area (Å²) in [5.74, 6) is 1.31. The first kappa shape index (κ1) is 21.4. The molecule has 0 fully saturated rings. The van der Waals surface area contributed by atoms with Gasteiger partial charge >= 0.3 is 0 Å². The van der Waals surface area contributed by atoms with E-state index in [0.29, 0.717) is 18.5 Å². The van der Waals surface area contributed by atoms with Crippen LogP contribution < -0.4 is 10.6 Å². The van der Waals surface area contributed by atoms with Gasteiger partial charge in [-0.15, -0.1) is 11.3 Å². The molecule has 0 aliphatic heterocycles. The second kappa shape index (κ2) is 11.0. The van der Waals surface area contributed by atoms with Crippen molar-refractivity contribution in [2.45, 2.75) is 45.7 Å². The van der Waals surface area contributed by atoms with E-state index in [4.69, 9.17) is 4.99 Å². The van der Waals surface area contributed by atoms with E-state index in [9.17, 15) is 0 Å². The van der Waals surface area contributed by atoms with Crippen molar-refractivity contribution in [3.8, 4) is 0 Å². The summed E-state index contributed by atoms with van der Waals surface area (Å²) >= 11 is 1.69. The number of thiazole rings is 1. The standard InChI is InChI=1S/C21H33N5S/c1-6-22-21(24-14-20-25-19(15-27-20)16(2)3)23-13-18(26(4)5)12-17-10-8-7-9-11-17/h7-11,15-16,18H,6,12-14H2,1-5H3,(H2,22,23,24). The molecule has 1 unspecified atom stereocenters. The molecule has 6 heteroatoms. The minimum absolute atomic E-state index is 0.392. The fraction of sp³-hybridized carbons (Fsp3) is 0.524. The number of rotatable bonds is 9. The van der Waals surface area contributed by atoms with Crippen LogP contribution in [0, 0.1) is 0 Å². The number of likely N-dealkylation sites (N-methyl/N-ethyl adjacent to an activating group) is 1. The second-order valence-corrected chi connectivity index (χ2v) is 8.15. The van der Waals surface area contributed by atoms with Crippen molar-refractivity contribution in [3.05, 3.63) is 52.0 Å². The lowest BCUT2D eigenvalue weighted by Gasteiger charge is -2.25. The predicted molar refractivity (Wildman–Crippen MR) is 117 cm³/mol. The summed E-state index contributed by atoms with van der Waals surface area (Å²) in [6.07, 6.45) is 1.00. The highest BCUT2D eigenvalue weighted by Crippen LogP contribution is 2.18. The van der Waals surface area contributed by atoms with Crippen LogP contribution in [0.5, 0.6) is 0 Å². The summed E-state index contributed by atoms with van der Waals surface area (Å²) < 4.78 is 0. The first-order valence-corrected chi connectivity index (χ1v) is 10.5. The topological polar surface area (TPSA) is 52.6 Å². The van der Waals surface area contributed by atoms with Gasteiger partial charge in [0.05, 0.1) is 12.2 Å². The van der Waals surface area contributed by atoms with Crippen LogP contribution in [0.2, 0.25) is 0 Å². The second-order valence-electron chi connectivity index (χ2n) is 7.20. The first-order valence-electron chi connectivity index (χ1n) is 9.66. The molecule has 0 saturated heterocycles. The Morgan fingerprint density at radius 1 is 1.19 bits per heavy atom. The van der Waals surface area contributed by atoms with Gasteiger partial charge in [-0.2, -0.15) is 0 Å². The zero-order valence-electron chi connectivity index (χ0n) is 17.2. The molecule has 0 spiro atoms. The van der Waals surface area contributed by atoms with Crippen molar-refractivity contribution in [1.82, 2.24) is 20.5 Å². The van der Waals surface area contributed by atoms with Gasteiger partial charge in [-0.1, -0.05) is 44.2 Å². The van der Waals surface area contributed by atoms with E-state index in [2.05, 4.69) is 91.1 Å². The molecule has 1 atom stereocenters. The molecule has 0 amide bonds. The smallest absolute Gasteiger partial charge is 0.191 e. The molecule has 5 nitrogen and oxygen atoms in total. The first-order chi connectivity index (χ1) is 13.0. The van der Waals surface area contributed by atoms with Gasteiger partial charge in [-0.25, -0.2) is 9.98 Å². The summed E-state index contributed by atoms with van der Waals surface area (Å²) in [5, 5.41) is 10.0. The maximum Gasteiger partial charge on any atom is 0.191 e. The molecule has 1 aromatic carbocycles. The van der Waals surface area contributed by atoms with Crippen LogP contribution in [0.3, 0.4) is 0 Å². The molecule has 0 aliphatic carbocycles. The maximum atomic E-state index is 4.72. The fourth-order valence-electron chi connectivity index (χ4n) is 2.69. The van der Waals surface area contributed by atoms with E-state index in [-0.39, 0.29) is 0 Å². The average molecular weight is 388 g/mol. The van der Waals surface area contributed by atoms with E-state index < -0.39 is 0 Å². The molecule has 0 aliphatic rings. The zero-order chi connectivity index (χ0) is 19.6. The molecule has 0 bridgehead atoms. The Labute approximate surface area is 167 Å². The maximum absolute atomic E-state index is 4.72. The van der Waals surface area contributed by atoms with Gasteiger partial charge in [0.15, 0.2) is 5.96 Å². The minimum atomic E-state index is 0.392. The molecule has 0 saturated carbocycles. The molecular weight excluding hydrogens is 354 g/mol. The third-order valence-electron chi connectivity index (χ3n) is 4.43. The summed E-state index contributed by atoms with van der Waals surface area (Å²) in [5.41, 5.74) is 2.50. The third kappa shape index (κ3) is 7.31. The molecule has 2 N–H and O–H groups in total. The fourth-order valence-corrected chi connectivity index (χ4v) is 3.57. The largest absolute Gasteiger partial charge is 0.357 e. The van der Waals surface area contributed by atoms with Crippen LogP contribution in [-0.4, -0.2) is 49.1 Å².